The minimum atomic E-state index is -0.510. The van der Waals surface area contributed by atoms with Crippen LogP contribution in [-0.2, 0) is 0 Å². The molecule has 0 aromatic heterocycles. The van der Waals surface area contributed by atoms with Crippen LogP contribution in [0.15, 0.2) is 36.4 Å². The van der Waals surface area contributed by atoms with Crippen molar-refractivity contribution in [2.45, 2.75) is 6.92 Å². The first-order valence-electron chi connectivity index (χ1n) is 5.64. The fourth-order valence-corrected chi connectivity index (χ4v) is 1.85. The number of hydrogen-bond donors (Lipinski definition) is 3. The molecule has 0 aliphatic carbocycles. The second kappa shape index (κ2) is 4.85. The molecular formula is C13H14N4O2. The van der Waals surface area contributed by atoms with Gasteiger partial charge in [0.05, 0.1) is 4.92 Å². The molecule has 0 fully saturated rings. The lowest BCUT2D eigenvalue weighted by molar-refractivity contribution is -0.383. The van der Waals surface area contributed by atoms with Crippen molar-refractivity contribution in [1.82, 2.24) is 0 Å². The van der Waals surface area contributed by atoms with E-state index >= 15 is 0 Å². The number of nitro benzene ring substituents is 1. The van der Waals surface area contributed by atoms with Crippen LogP contribution < -0.4 is 16.8 Å². The molecule has 0 radical (unpaired) electrons. The van der Waals surface area contributed by atoms with Crippen LogP contribution >= 0.6 is 0 Å². The van der Waals surface area contributed by atoms with E-state index in [1.807, 2.05) is 19.1 Å². The largest absolute Gasteiger partial charge is 0.399 e. The van der Waals surface area contributed by atoms with Crippen molar-refractivity contribution in [3.63, 3.8) is 0 Å². The molecule has 0 heterocycles. The molecule has 0 bridgehead atoms. The number of nitrogens with two attached hydrogens (primary N) is 2. The maximum atomic E-state index is 10.7. The van der Waals surface area contributed by atoms with Crippen molar-refractivity contribution in [3.8, 4) is 0 Å². The van der Waals surface area contributed by atoms with Crippen molar-refractivity contribution in [2.75, 3.05) is 16.8 Å². The van der Waals surface area contributed by atoms with Gasteiger partial charge in [-0.3, -0.25) is 10.1 Å². The van der Waals surface area contributed by atoms with E-state index in [-0.39, 0.29) is 11.4 Å². The zero-order valence-corrected chi connectivity index (χ0v) is 10.4. The summed E-state index contributed by atoms with van der Waals surface area (Å²) in [5, 5.41) is 13.8. The van der Waals surface area contributed by atoms with Crippen LogP contribution in [-0.4, -0.2) is 4.92 Å². The third-order valence-electron chi connectivity index (χ3n) is 2.61. The van der Waals surface area contributed by atoms with Gasteiger partial charge in [0, 0.05) is 23.1 Å². The molecule has 2 aromatic rings. The number of nitrogens with zero attached hydrogens (tertiary/aromatic N) is 1. The molecule has 19 heavy (non-hydrogen) atoms. The van der Waals surface area contributed by atoms with E-state index in [0.29, 0.717) is 11.4 Å². The lowest BCUT2D eigenvalue weighted by Gasteiger charge is -2.09. The number of nitro groups is 1. The predicted octanol–water partition coefficient (Wildman–Crippen LogP) is 2.81. The zero-order chi connectivity index (χ0) is 14.0. The van der Waals surface area contributed by atoms with Crippen LogP contribution in [0.3, 0.4) is 0 Å². The van der Waals surface area contributed by atoms with Gasteiger partial charge < -0.3 is 16.8 Å². The highest BCUT2D eigenvalue weighted by atomic mass is 16.6. The number of aryl methyl sites for hydroxylation is 1. The molecule has 5 N–H and O–H groups in total. The van der Waals surface area contributed by atoms with Gasteiger partial charge in [-0.15, -0.1) is 0 Å². The van der Waals surface area contributed by atoms with E-state index in [1.165, 1.54) is 12.1 Å². The van der Waals surface area contributed by atoms with Gasteiger partial charge >= 0.3 is 0 Å². The summed E-state index contributed by atoms with van der Waals surface area (Å²) in [5.74, 6) is 0. The summed E-state index contributed by atoms with van der Waals surface area (Å²) in [4.78, 5) is 10.2. The average Bonchev–Trinajstić information content (AvgIpc) is 2.26. The van der Waals surface area contributed by atoms with Gasteiger partial charge in [-0.25, -0.2) is 0 Å². The molecule has 0 amide bonds. The second-order valence-electron chi connectivity index (χ2n) is 4.29. The SMILES string of the molecule is Cc1cc(N)cc(Nc2ccc([N+](=O)[O-])c(N)c2)c1. The van der Waals surface area contributed by atoms with E-state index in [2.05, 4.69) is 5.32 Å². The summed E-state index contributed by atoms with van der Waals surface area (Å²) in [6.07, 6.45) is 0. The fraction of sp³-hybridized carbons (Fsp3) is 0.0769. The third-order valence-corrected chi connectivity index (χ3v) is 2.61. The van der Waals surface area contributed by atoms with Crippen molar-refractivity contribution in [3.05, 3.63) is 52.1 Å². The summed E-state index contributed by atoms with van der Waals surface area (Å²) in [6.45, 7) is 1.94. The lowest BCUT2D eigenvalue weighted by atomic mass is 10.2. The molecule has 98 valence electrons. The quantitative estimate of drug-likeness (QED) is 0.445. The van der Waals surface area contributed by atoms with Crippen LogP contribution in [0.4, 0.5) is 28.4 Å². The monoisotopic (exact) mass is 258 g/mol. The second-order valence-corrected chi connectivity index (χ2v) is 4.29. The first-order chi connectivity index (χ1) is 8.95. The molecule has 0 saturated carbocycles. The highest BCUT2D eigenvalue weighted by molar-refractivity contribution is 5.71. The van der Waals surface area contributed by atoms with Crippen LogP contribution in [0.25, 0.3) is 0 Å². The van der Waals surface area contributed by atoms with E-state index < -0.39 is 4.92 Å². The van der Waals surface area contributed by atoms with E-state index in [9.17, 15) is 10.1 Å². The van der Waals surface area contributed by atoms with E-state index in [1.54, 1.807) is 12.1 Å². The van der Waals surface area contributed by atoms with Gasteiger partial charge in [0.2, 0.25) is 0 Å². The predicted molar refractivity (Wildman–Crippen MR) is 76.4 cm³/mol. The molecule has 0 aliphatic heterocycles. The third kappa shape index (κ3) is 2.92. The van der Waals surface area contributed by atoms with Gasteiger partial charge in [-0.05, 0) is 42.8 Å². The number of nitrogens with one attached hydrogen (secondary N) is 1. The Morgan fingerprint density at radius 3 is 2.42 bits per heavy atom. The first-order valence-corrected chi connectivity index (χ1v) is 5.64. The standard InChI is InChI=1S/C13H14N4O2/c1-8-4-9(14)6-11(5-8)16-10-2-3-13(17(18)19)12(15)7-10/h2-7,16H,14-15H2,1H3. The molecule has 0 unspecified atom stereocenters. The lowest BCUT2D eigenvalue weighted by Crippen LogP contribution is -1.98. The number of benzene rings is 2. The highest BCUT2D eigenvalue weighted by Crippen LogP contribution is 2.27. The van der Waals surface area contributed by atoms with Gasteiger partial charge in [0.1, 0.15) is 5.69 Å². The van der Waals surface area contributed by atoms with Gasteiger partial charge in [0.15, 0.2) is 0 Å². The van der Waals surface area contributed by atoms with Gasteiger partial charge in [-0.2, -0.15) is 0 Å². The summed E-state index contributed by atoms with van der Waals surface area (Å²) >= 11 is 0. The Kier molecular flexibility index (Phi) is 3.24. The summed E-state index contributed by atoms with van der Waals surface area (Å²) < 4.78 is 0. The normalized spacial score (nSPS) is 10.2. The Balaban J connectivity index is 2.28. The van der Waals surface area contributed by atoms with Crippen LogP contribution in [0.2, 0.25) is 0 Å². The molecule has 6 heteroatoms. The summed E-state index contributed by atoms with van der Waals surface area (Å²) in [7, 11) is 0. The average molecular weight is 258 g/mol. The minimum Gasteiger partial charge on any atom is -0.399 e. The van der Waals surface area contributed by atoms with Crippen molar-refractivity contribution in [2.24, 2.45) is 0 Å². The minimum absolute atomic E-state index is 0.102. The molecule has 0 spiro atoms. The molecule has 0 saturated heterocycles. The molecule has 2 rings (SSSR count). The Labute approximate surface area is 110 Å². The number of anilines is 4. The Hall–Kier alpha value is -2.76. The maximum absolute atomic E-state index is 10.7. The van der Waals surface area contributed by atoms with Crippen molar-refractivity contribution in [1.29, 1.82) is 0 Å². The van der Waals surface area contributed by atoms with Crippen LogP contribution in [0, 0.1) is 17.0 Å². The summed E-state index contributed by atoms with van der Waals surface area (Å²) in [6, 6.07) is 10.1. The molecule has 6 nitrogen and oxygen atoms in total. The molecular weight excluding hydrogens is 244 g/mol. The molecule has 2 aromatic carbocycles. The fourth-order valence-electron chi connectivity index (χ4n) is 1.85. The summed E-state index contributed by atoms with van der Waals surface area (Å²) in [5.41, 5.74) is 14.6. The Bertz CT molecular complexity index is 620. The van der Waals surface area contributed by atoms with Crippen LogP contribution in [0.5, 0.6) is 0 Å². The molecule has 0 aliphatic rings. The maximum Gasteiger partial charge on any atom is 0.292 e. The highest BCUT2D eigenvalue weighted by Gasteiger charge is 2.11. The van der Waals surface area contributed by atoms with Gasteiger partial charge in [0.25, 0.3) is 5.69 Å². The van der Waals surface area contributed by atoms with E-state index in [0.717, 1.165) is 11.3 Å². The topological polar surface area (TPSA) is 107 Å². The number of rotatable bonds is 3. The molecule has 0 atom stereocenters. The zero-order valence-electron chi connectivity index (χ0n) is 10.4. The number of nitrogen functional groups attached to an aromatic ring is 2. The van der Waals surface area contributed by atoms with Crippen molar-refractivity contribution >= 4 is 28.4 Å². The van der Waals surface area contributed by atoms with Gasteiger partial charge in [-0.1, -0.05) is 0 Å². The Morgan fingerprint density at radius 2 is 1.84 bits per heavy atom. The van der Waals surface area contributed by atoms with Crippen molar-refractivity contribution < 1.29 is 4.92 Å². The smallest absolute Gasteiger partial charge is 0.292 e. The number of hydrogen-bond acceptors (Lipinski definition) is 5. The Morgan fingerprint density at radius 1 is 1.11 bits per heavy atom. The first kappa shape index (κ1) is 12.7. The van der Waals surface area contributed by atoms with E-state index in [4.69, 9.17) is 11.5 Å². The van der Waals surface area contributed by atoms with Crippen LogP contribution in [0.1, 0.15) is 5.56 Å².